The molecule has 0 fully saturated rings. The second kappa shape index (κ2) is 6.46. The highest BCUT2D eigenvalue weighted by molar-refractivity contribution is 6.25. The van der Waals surface area contributed by atoms with Crippen LogP contribution in [0.1, 0.15) is 13.8 Å². The van der Waals surface area contributed by atoms with Crippen LogP contribution < -0.4 is 5.32 Å². The molecule has 0 amide bonds. The third-order valence-corrected chi connectivity index (χ3v) is 1.93. The average molecular weight is 191 g/mol. The number of nitrogens with zero attached hydrogens (tertiary/aromatic N) is 1. The molecule has 1 unspecified atom stereocenters. The first-order valence-corrected chi connectivity index (χ1v) is 4.64. The van der Waals surface area contributed by atoms with Gasteiger partial charge in [0.1, 0.15) is 0 Å². The first-order chi connectivity index (χ1) is 5.56. The number of hydrogen-bond acceptors (Lipinski definition) is 2. The van der Waals surface area contributed by atoms with Crippen molar-refractivity contribution in [3.8, 4) is 0 Å². The third-order valence-electron chi connectivity index (χ3n) is 1.55. The maximum Gasteiger partial charge on any atom is 0.0176 e. The van der Waals surface area contributed by atoms with Crippen LogP contribution in [0.25, 0.3) is 0 Å². The summed E-state index contributed by atoms with van der Waals surface area (Å²) in [7, 11) is 4.14. The topological polar surface area (TPSA) is 15.3 Å². The van der Waals surface area contributed by atoms with E-state index in [0.29, 0.717) is 6.04 Å². The molecule has 1 N–H and O–H groups in total. The summed E-state index contributed by atoms with van der Waals surface area (Å²) in [5.74, 6) is 0. The quantitative estimate of drug-likeness (QED) is 0.710. The number of nitrogens with one attached hydrogen (secondary N) is 1. The van der Waals surface area contributed by atoms with Gasteiger partial charge in [0.25, 0.3) is 0 Å². The van der Waals surface area contributed by atoms with Crippen LogP contribution in [0.15, 0.2) is 11.1 Å². The molecule has 0 radical (unpaired) electrons. The van der Waals surface area contributed by atoms with Gasteiger partial charge >= 0.3 is 0 Å². The van der Waals surface area contributed by atoms with Crippen LogP contribution in [0, 0.1) is 0 Å². The van der Waals surface area contributed by atoms with Crippen LogP contribution in [0.3, 0.4) is 0 Å². The number of hydrogen-bond donors (Lipinski definition) is 1. The zero-order valence-corrected chi connectivity index (χ0v) is 9.15. The Bertz CT molecular complexity index is 143. The van der Waals surface area contributed by atoms with Crippen molar-refractivity contribution in [3.63, 3.8) is 0 Å². The lowest BCUT2D eigenvalue weighted by molar-refractivity contribution is 0.355. The van der Waals surface area contributed by atoms with Crippen molar-refractivity contribution in [2.24, 2.45) is 0 Å². The summed E-state index contributed by atoms with van der Waals surface area (Å²) in [6.45, 7) is 6.11. The van der Waals surface area contributed by atoms with Crippen molar-refractivity contribution in [2.45, 2.75) is 19.9 Å². The van der Waals surface area contributed by atoms with E-state index in [4.69, 9.17) is 11.6 Å². The zero-order chi connectivity index (χ0) is 9.56. The Morgan fingerprint density at radius 3 is 2.58 bits per heavy atom. The van der Waals surface area contributed by atoms with E-state index < -0.39 is 0 Å². The number of halogens is 1. The predicted octanol–water partition coefficient (Wildman–Crippen LogP) is 1.67. The largest absolute Gasteiger partial charge is 0.309 e. The Morgan fingerprint density at radius 2 is 2.17 bits per heavy atom. The molecule has 0 heterocycles. The van der Waals surface area contributed by atoms with Crippen molar-refractivity contribution in [1.82, 2.24) is 10.2 Å². The summed E-state index contributed by atoms with van der Waals surface area (Å²) in [5.41, 5.74) is 2.79. The maximum atomic E-state index is 5.53. The van der Waals surface area contributed by atoms with Gasteiger partial charge in [-0.25, -0.2) is 0 Å². The van der Waals surface area contributed by atoms with Gasteiger partial charge < -0.3 is 10.2 Å². The molecule has 0 aromatic rings. The van der Waals surface area contributed by atoms with Crippen molar-refractivity contribution in [1.29, 1.82) is 0 Å². The van der Waals surface area contributed by atoms with Crippen molar-refractivity contribution in [2.75, 3.05) is 27.2 Å². The Hall–Kier alpha value is -0.0500. The van der Waals surface area contributed by atoms with Gasteiger partial charge in [-0.1, -0.05) is 11.6 Å². The SMILES string of the molecule is CC(=CCl)CNC(C)CN(C)C. The summed E-state index contributed by atoms with van der Waals surface area (Å²) in [5, 5.41) is 3.37. The van der Waals surface area contributed by atoms with Gasteiger partial charge in [-0.15, -0.1) is 0 Å². The molecule has 0 saturated heterocycles. The van der Waals surface area contributed by atoms with E-state index in [2.05, 4.69) is 31.2 Å². The van der Waals surface area contributed by atoms with Crippen LogP contribution in [0.4, 0.5) is 0 Å². The Balaban J connectivity index is 3.50. The lowest BCUT2D eigenvalue weighted by Crippen LogP contribution is -2.36. The summed E-state index contributed by atoms with van der Waals surface area (Å²) in [6, 6.07) is 0.506. The smallest absolute Gasteiger partial charge is 0.0176 e. The molecule has 0 rings (SSSR count). The third kappa shape index (κ3) is 6.65. The molecule has 0 aliphatic rings. The molecule has 12 heavy (non-hydrogen) atoms. The minimum absolute atomic E-state index is 0.506. The molecular formula is C9H19ClN2. The van der Waals surface area contributed by atoms with Gasteiger partial charge in [0.2, 0.25) is 0 Å². The molecule has 0 saturated carbocycles. The van der Waals surface area contributed by atoms with E-state index in [1.54, 1.807) is 5.54 Å². The normalized spacial score (nSPS) is 15.3. The van der Waals surface area contributed by atoms with Crippen LogP contribution in [0.5, 0.6) is 0 Å². The molecule has 0 aliphatic heterocycles. The standard InChI is InChI=1S/C9H19ClN2/c1-8(5-10)6-11-9(2)7-12(3)4/h5,9,11H,6-7H2,1-4H3. The van der Waals surface area contributed by atoms with Crippen LogP contribution in [-0.2, 0) is 0 Å². The minimum Gasteiger partial charge on any atom is -0.309 e. The molecule has 0 aromatic heterocycles. The fourth-order valence-electron chi connectivity index (χ4n) is 0.986. The Morgan fingerprint density at radius 1 is 1.58 bits per heavy atom. The monoisotopic (exact) mass is 190 g/mol. The number of rotatable bonds is 5. The Kier molecular flexibility index (Phi) is 6.44. The number of likely N-dealkylation sites (N-methyl/N-ethyl adjacent to an activating group) is 1. The molecule has 0 aliphatic carbocycles. The molecule has 0 spiro atoms. The Labute approximate surface area is 80.6 Å². The van der Waals surface area contributed by atoms with Gasteiger partial charge in [0.15, 0.2) is 0 Å². The zero-order valence-electron chi connectivity index (χ0n) is 8.39. The second-order valence-corrected chi connectivity index (χ2v) is 3.72. The van der Waals surface area contributed by atoms with E-state index in [-0.39, 0.29) is 0 Å². The summed E-state index contributed by atoms with van der Waals surface area (Å²) >= 11 is 5.53. The van der Waals surface area contributed by atoms with Crippen molar-refractivity contribution in [3.05, 3.63) is 11.1 Å². The van der Waals surface area contributed by atoms with Gasteiger partial charge in [-0.05, 0) is 33.5 Å². The fourth-order valence-corrected chi connectivity index (χ4v) is 1.06. The average Bonchev–Trinajstić information content (AvgIpc) is 1.99. The van der Waals surface area contributed by atoms with E-state index in [1.165, 1.54) is 5.57 Å². The molecule has 2 nitrogen and oxygen atoms in total. The van der Waals surface area contributed by atoms with Gasteiger partial charge in [-0.3, -0.25) is 0 Å². The van der Waals surface area contributed by atoms with E-state index in [1.807, 2.05) is 6.92 Å². The van der Waals surface area contributed by atoms with Gasteiger partial charge in [-0.2, -0.15) is 0 Å². The summed E-state index contributed by atoms with van der Waals surface area (Å²) < 4.78 is 0. The van der Waals surface area contributed by atoms with Gasteiger partial charge in [0, 0.05) is 24.7 Å². The van der Waals surface area contributed by atoms with Crippen molar-refractivity contribution < 1.29 is 0 Å². The summed E-state index contributed by atoms with van der Waals surface area (Å²) in [6.07, 6.45) is 0. The highest BCUT2D eigenvalue weighted by Crippen LogP contribution is 1.93. The summed E-state index contributed by atoms with van der Waals surface area (Å²) in [4.78, 5) is 2.16. The molecule has 1 atom stereocenters. The molecule has 0 bridgehead atoms. The molecule has 3 heteroatoms. The first-order valence-electron chi connectivity index (χ1n) is 4.20. The molecule has 72 valence electrons. The first kappa shape index (κ1) is 11.9. The van der Waals surface area contributed by atoms with Crippen LogP contribution >= 0.6 is 11.6 Å². The van der Waals surface area contributed by atoms with Crippen LogP contribution in [0.2, 0.25) is 0 Å². The lowest BCUT2D eigenvalue weighted by Gasteiger charge is -2.18. The second-order valence-electron chi connectivity index (χ2n) is 3.50. The van der Waals surface area contributed by atoms with E-state index >= 15 is 0 Å². The van der Waals surface area contributed by atoms with Crippen LogP contribution in [-0.4, -0.2) is 38.1 Å². The molecular weight excluding hydrogens is 172 g/mol. The predicted molar refractivity (Wildman–Crippen MR) is 55.6 cm³/mol. The fraction of sp³-hybridized carbons (Fsp3) is 0.778. The highest BCUT2D eigenvalue weighted by atomic mass is 35.5. The minimum atomic E-state index is 0.506. The molecule has 0 aromatic carbocycles. The maximum absolute atomic E-state index is 5.53. The van der Waals surface area contributed by atoms with E-state index in [0.717, 1.165) is 13.1 Å². The lowest BCUT2D eigenvalue weighted by atomic mass is 10.3. The van der Waals surface area contributed by atoms with Gasteiger partial charge in [0.05, 0.1) is 0 Å². The highest BCUT2D eigenvalue weighted by Gasteiger charge is 2.01. The van der Waals surface area contributed by atoms with Crippen molar-refractivity contribution >= 4 is 11.6 Å². The van der Waals surface area contributed by atoms with E-state index in [9.17, 15) is 0 Å².